The molecule has 0 radical (unpaired) electrons. The zero-order valence-electron chi connectivity index (χ0n) is 20.8. The average molecular weight is 447 g/mol. The predicted octanol–water partition coefficient (Wildman–Crippen LogP) is 5.37. The Hall–Kier alpha value is -1.62. The number of aliphatic hydroxyl groups is 1. The molecule has 0 heterocycles. The Bertz CT molecular complexity index is 800. The van der Waals surface area contributed by atoms with Crippen LogP contribution >= 0.6 is 0 Å². The molecule has 3 aliphatic rings. The number of hydrogen-bond donors (Lipinski definition) is 1. The van der Waals surface area contributed by atoms with Gasteiger partial charge in [0.1, 0.15) is 6.10 Å². The van der Waals surface area contributed by atoms with Crippen LogP contribution in [0.5, 0.6) is 0 Å². The van der Waals surface area contributed by atoms with Gasteiger partial charge in [-0.3, -0.25) is 9.59 Å². The first-order valence-electron chi connectivity index (χ1n) is 12.3. The molecule has 1 N–H and O–H groups in total. The summed E-state index contributed by atoms with van der Waals surface area (Å²) in [5.74, 6) is -0.311. The van der Waals surface area contributed by atoms with Crippen LogP contribution in [0.4, 0.5) is 0 Å². The second-order valence-electron chi connectivity index (χ2n) is 11.2. The second kappa shape index (κ2) is 8.96. The summed E-state index contributed by atoms with van der Waals surface area (Å²) in [6.07, 6.45) is 6.84. The van der Waals surface area contributed by atoms with Gasteiger partial charge in [-0.2, -0.15) is 0 Å². The summed E-state index contributed by atoms with van der Waals surface area (Å²) < 4.78 is 11.7. The third-order valence-corrected chi connectivity index (χ3v) is 9.12. The van der Waals surface area contributed by atoms with Crippen molar-refractivity contribution in [3.05, 3.63) is 23.8 Å². The van der Waals surface area contributed by atoms with Gasteiger partial charge in [0, 0.05) is 23.2 Å². The van der Waals surface area contributed by atoms with Crippen LogP contribution in [0.1, 0.15) is 86.5 Å². The van der Waals surface area contributed by atoms with Crippen LogP contribution in [0.3, 0.4) is 0 Å². The number of esters is 2. The molecule has 7 atom stereocenters. The zero-order chi connectivity index (χ0) is 23.9. The molecule has 0 aromatic heterocycles. The topological polar surface area (TPSA) is 72.8 Å². The highest BCUT2D eigenvalue weighted by Gasteiger charge is 2.59. The van der Waals surface area contributed by atoms with Crippen LogP contribution < -0.4 is 0 Å². The van der Waals surface area contributed by atoms with Crippen molar-refractivity contribution in [3.8, 4) is 0 Å². The molecule has 1 fully saturated rings. The lowest BCUT2D eigenvalue weighted by atomic mass is 9.46. The molecular formula is C27H42O5. The first kappa shape index (κ1) is 25.0. The number of carbonyl (C=O) groups is 2. The van der Waals surface area contributed by atoms with Gasteiger partial charge in [0.25, 0.3) is 0 Å². The maximum atomic E-state index is 12.4. The maximum Gasteiger partial charge on any atom is 0.308 e. The predicted molar refractivity (Wildman–Crippen MR) is 125 cm³/mol. The highest BCUT2D eigenvalue weighted by molar-refractivity contribution is 5.71. The van der Waals surface area contributed by atoms with Crippen molar-refractivity contribution in [2.24, 2.45) is 28.1 Å². The monoisotopic (exact) mass is 446 g/mol. The molecule has 0 spiro atoms. The number of aliphatic hydroxyl groups excluding tert-OH is 1. The van der Waals surface area contributed by atoms with E-state index in [4.69, 9.17) is 9.47 Å². The van der Waals surface area contributed by atoms with Gasteiger partial charge in [-0.1, -0.05) is 46.3 Å². The van der Waals surface area contributed by atoms with E-state index < -0.39 is 11.5 Å². The Kier molecular flexibility index (Phi) is 7.01. The molecule has 0 bridgehead atoms. The van der Waals surface area contributed by atoms with Gasteiger partial charge in [-0.15, -0.1) is 6.58 Å². The molecule has 5 heteroatoms. The van der Waals surface area contributed by atoms with Crippen LogP contribution in [-0.2, 0) is 19.1 Å². The van der Waals surface area contributed by atoms with E-state index in [1.807, 2.05) is 19.9 Å². The summed E-state index contributed by atoms with van der Waals surface area (Å²) >= 11 is 0. The van der Waals surface area contributed by atoms with Gasteiger partial charge in [0.05, 0.1) is 18.6 Å². The van der Waals surface area contributed by atoms with E-state index in [1.165, 1.54) is 18.1 Å². The molecule has 3 rings (SSSR count). The SMILES string of the molecule is C=CC1(C)CCC2=C(CCC3C(C)(COC(=O)C(C)CC)CCC(O)C23C)C1OC(C)=O. The lowest BCUT2D eigenvalue weighted by molar-refractivity contribution is -0.162. The van der Waals surface area contributed by atoms with Crippen LogP contribution in [-0.4, -0.2) is 35.9 Å². The summed E-state index contributed by atoms with van der Waals surface area (Å²) in [5, 5.41) is 11.3. The molecule has 0 amide bonds. The van der Waals surface area contributed by atoms with E-state index >= 15 is 0 Å². The average Bonchev–Trinajstić information content (AvgIpc) is 2.76. The zero-order valence-corrected chi connectivity index (χ0v) is 20.8. The Morgan fingerprint density at radius 3 is 2.50 bits per heavy atom. The Morgan fingerprint density at radius 1 is 1.22 bits per heavy atom. The lowest BCUT2D eigenvalue weighted by Crippen LogP contribution is -2.57. The molecule has 1 saturated carbocycles. The minimum atomic E-state index is -0.456. The molecule has 32 heavy (non-hydrogen) atoms. The van der Waals surface area contributed by atoms with E-state index in [0.717, 1.165) is 38.5 Å². The van der Waals surface area contributed by atoms with Crippen LogP contribution in [0.2, 0.25) is 0 Å². The van der Waals surface area contributed by atoms with Crippen molar-refractivity contribution in [2.75, 3.05) is 6.61 Å². The third kappa shape index (κ3) is 4.06. The Morgan fingerprint density at radius 2 is 1.91 bits per heavy atom. The van der Waals surface area contributed by atoms with Crippen LogP contribution in [0, 0.1) is 28.1 Å². The van der Waals surface area contributed by atoms with Gasteiger partial charge >= 0.3 is 11.9 Å². The maximum absolute atomic E-state index is 12.4. The fourth-order valence-electron chi connectivity index (χ4n) is 6.69. The largest absolute Gasteiger partial charge is 0.465 e. The standard InChI is InChI=1S/C27H42O5/c1-8-17(3)24(30)31-16-26(6)15-13-22(29)27(7)20-12-14-25(5,9-2)23(32-18(4)28)19(20)10-11-21(26)27/h9,17,21-23,29H,2,8,10-16H2,1,3-7H3. The molecule has 7 unspecified atom stereocenters. The lowest BCUT2D eigenvalue weighted by Gasteiger charge is -2.60. The smallest absolute Gasteiger partial charge is 0.308 e. The molecule has 0 aromatic rings. The molecule has 5 nitrogen and oxygen atoms in total. The molecule has 0 aromatic carbocycles. The number of carbonyl (C=O) groups excluding carboxylic acids is 2. The molecule has 0 aliphatic heterocycles. The third-order valence-electron chi connectivity index (χ3n) is 9.12. The second-order valence-corrected chi connectivity index (χ2v) is 11.2. The molecule has 3 aliphatic carbocycles. The Balaban J connectivity index is 1.98. The highest BCUT2D eigenvalue weighted by Crippen LogP contribution is 2.63. The molecule has 180 valence electrons. The number of ether oxygens (including phenoxy) is 2. The van der Waals surface area contributed by atoms with Crippen LogP contribution in [0.15, 0.2) is 23.8 Å². The van der Waals surface area contributed by atoms with Crippen molar-refractivity contribution in [2.45, 2.75) is 98.7 Å². The van der Waals surface area contributed by atoms with Gasteiger partial charge in [-0.05, 0) is 56.4 Å². The molecule has 0 saturated heterocycles. The van der Waals surface area contributed by atoms with E-state index in [1.54, 1.807) is 0 Å². The first-order valence-corrected chi connectivity index (χ1v) is 12.3. The van der Waals surface area contributed by atoms with Crippen molar-refractivity contribution >= 4 is 11.9 Å². The van der Waals surface area contributed by atoms with E-state index in [-0.39, 0.29) is 40.7 Å². The van der Waals surface area contributed by atoms with E-state index in [2.05, 4.69) is 27.4 Å². The van der Waals surface area contributed by atoms with Crippen LogP contribution in [0.25, 0.3) is 0 Å². The number of rotatable bonds is 6. The summed E-state index contributed by atoms with van der Waals surface area (Å²) in [7, 11) is 0. The summed E-state index contributed by atoms with van der Waals surface area (Å²) in [6, 6.07) is 0. The van der Waals surface area contributed by atoms with Gasteiger partial charge in [-0.25, -0.2) is 0 Å². The number of hydrogen-bond acceptors (Lipinski definition) is 5. The minimum Gasteiger partial charge on any atom is -0.465 e. The van der Waals surface area contributed by atoms with Crippen molar-refractivity contribution in [1.29, 1.82) is 0 Å². The minimum absolute atomic E-state index is 0.0979. The molecular weight excluding hydrogens is 404 g/mol. The first-order chi connectivity index (χ1) is 14.9. The van der Waals surface area contributed by atoms with Crippen molar-refractivity contribution in [1.82, 2.24) is 0 Å². The van der Waals surface area contributed by atoms with Gasteiger partial charge in [0.2, 0.25) is 0 Å². The number of fused-ring (bicyclic) bond motifs is 2. The Labute approximate surface area is 193 Å². The summed E-state index contributed by atoms with van der Waals surface area (Å²) in [5.41, 5.74) is 1.52. The van der Waals surface area contributed by atoms with Gasteiger partial charge in [0.15, 0.2) is 0 Å². The van der Waals surface area contributed by atoms with Crippen molar-refractivity contribution in [3.63, 3.8) is 0 Å². The summed E-state index contributed by atoms with van der Waals surface area (Å²) in [6.45, 7) is 16.3. The van der Waals surface area contributed by atoms with Gasteiger partial charge < -0.3 is 14.6 Å². The van der Waals surface area contributed by atoms with E-state index in [9.17, 15) is 14.7 Å². The quantitative estimate of drug-likeness (QED) is 0.439. The normalized spacial score (nSPS) is 40.0. The fourth-order valence-corrected chi connectivity index (χ4v) is 6.69. The van der Waals surface area contributed by atoms with E-state index in [0.29, 0.717) is 13.0 Å². The van der Waals surface area contributed by atoms with Crippen molar-refractivity contribution < 1.29 is 24.2 Å². The fraction of sp³-hybridized carbons (Fsp3) is 0.778. The highest BCUT2D eigenvalue weighted by atomic mass is 16.5. The summed E-state index contributed by atoms with van der Waals surface area (Å²) in [4.78, 5) is 24.4.